The van der Waals surface area contributed by atoms with Crippen LogP contribution in [0.2, 0.25) is 0 Å². The van der Waals surface area contributed by atoms with Crippen molar-refractivity contribution in [2.24, 2.45) is 0 Å². The van der Waals surface area contributed by atoms with Gasteiger partial charge in [0.2, 0.25) is 17.7 Å². The molecule has 0 aliphatic carbocycles. The lowest BCUT2D eigenvalue weighted by Crippen LogP contribution is -2.56. The molecule has 0 rings (SSSR count). The first-order valence-corrected chi connectivity index (χ1v) is 14.2. The van der Waals surface area contributed by atoms with Crippen molar-refractivity contribution >= 4 is 41.6 Å². The molecule has 0 aromatic carbocycles. The largest absolute Gasteiger partial charge is 0.481 e. The topological polar surface area (TPSA) is 236 Å². The number of hydrogen-bond donors (Lipinski definition) is 7. The summed E-state index contributed by atoms with van der Waals surface area (Å²) in [5.74, 6) is -7.81. The molecule has 41 heavy (non-hydrogen) atoms. The molecule has 14 heteroatoms. The zero-order valence-electron chi connectivity index (χ0n) is 23.7. The first-order chi connectivity index (χ1) is 19.4. The molecule has 0 radical (unpaired) electrons. The summed E-state index contributed by atoms with van der Waals surface area (Å²) < 4.78 is 0. The van der Waals surface area contributed by atoms with Crippen LogP contribution in [0.15, 0.2) is 0 Å². The van der Waals surface area contributed by atoms with Crippen LogP contribution in [-0.2, 0) is 33.6 Å². The fourth-order valence-electron chi connectivity index (χ4n) is 4.01. The maximum Gasteiger partial charge on any atom is 0.326 e. The molecule has 3 amide bonds. The van der Waals surface area contributed by atoms with Gasteiger partial charge in [0.1, 0.15) is 18.1 Å². The summed E-state index contributed by atoms with van der Waals surface area (Å²) in [6.45, 7) is 2.15. The summed E-state index contributed by atoms with van der Waals surface area (Å²) in [6, 6.07) is -4.48. The van der Waals surface area contributed by atoms with E-state index in [4.69, 9.17) is 15.3 Å². The van der Waals surface area contributed by atoms with E-state index in [1.807, 2.05) is 0 Å². The van der Waals surface area contributed by atoms with E-state index >= 15 is 0 Å². The molecule has 0 aliphatic rings. The zero-order chi connectivity index (χ0) is 31.2. The van der Waals surface area contributed by atoms with Crippen LogP contribution in [0, 0.1) is 0 Å². The average Bonchev–Trinajstić information content (AvgIpc) is 2.89. The van der Waals surface area contributed by atoms with E-state index in [1.54, 1.807) is 0 Å². The van der Waals surface area contributed by atoms with Crippen molar-refractivity contribution in [2.45, 2.75) is 128 Å². The van der Waals surface area contributed by atoms with Gasteiger partial charge in [-0.05, 0) is 25.7 Å². The Bertz CT molecular complexity index is 879. The van der Waals surface area contributed by atoms with Gasteiger partial charge in [-0.1, -0.05) is 58.3 Å². The molecule has 0 saturated heterocycles. The van der Waals surface area contributed by atoms with Gasteiger partial charge in [0, 0.05) is 25.7 Å². The number of aliphatic carboxylic acids is 4. The molecule has 0 saturated carbocycles. The second-order valence-electron chi connectivity index (χ2n) is 9.96. The Kier molecular flexibility index (Phi) is 20.0. The Morgan fingerprint density at radius 1 is 0.488 bits per heavy atom. The minimum absolute atomic E-state index is 0.111. The van der Waals surface area contributed by atoms with Crippen LogP contribution >= 0.6 is 0 Å². The van der Waals surface area contributed by atoms with Gasteiger partial charge < -0.3 is 36.4 Å². The normalized spacial score (nSPS) is 12.9. The molecular formula is C27H45N3O11. The average molecular weight is 588 g/mol. The lowest BCUT2D eigenvalue weighted by atomic mass is 10.0. The van der Waals surface area contributed by atoms with Crippen LogP contribution in [0.1, 0.15) is 110 Å². The summed E-state index contributed by atoms with van der Waals surface area (Å²) in [6.07, 6.45) is 6.65. The molecule has 0 aliphatic heterocycles. The first kappa shape index (κ1) is 37.3. The highest BCUT2D eigenvalue weighted by molar-refractivity contribution is 5.93. The highest BCUT2D eigenvalue weighted by atomic mass is 16.4. The van der Waals surface area contributed by atoms with Crippen molar-refractivity contribution in [3.8, 4) is 0 Å². The number of hydrogen-bond acceptors (Lipinski definition) is 7. The molecule has 0 aromatic heterocycles. The molecule has 234 valence electrons. The van der Waals surface area contributed by atoms with Crippen LogP contribution in [0.4, 0.5) is 0 Å². The van der Waals surface area contributed by atoms with Gasteiger partial charge in [-0.3, -0.25) is 28.8 Å². The Balaban J connectivity index is 5.19. The third-order valence-corrected chi connectivity index (χ3v) is 6.35. The Morgan fingerprint density at radius 3 is 1.27 bits per heavy atom. The smallest absolute Gasteiger partial charge is 0.326 e. The van der Waals surface area contributed by atoms with Crippen LogP contribution in [0.5, 0.6) is 0 Å². The molecule has 0 unspecified atom stereocenters. The quantitative estimate of drug-likeness (QED) is 0.0763. The molecule has 0 bridgehead atoms. The van der Waals surface area contributed by atoms with Crippen molar-refractivity contribution in [2.75, 3.05) is 0 Å². The molecule has 7 N–H and O–H groups in total. The van der Waals surface area contributed by atoms with E-state index in [0.29, 0.717) is 6.42 Å². The van der Waals surface area contributed by atoms with Gasteiger partial charge in [-0.15, -0.1) is 0 Å². The number of nitrogens with one attached hydrogen (secondary N) is 3. The monoisotopic (exact) mass is 587 g/mol. The van der Waals surface area contributed by atoms with Gasteiger partial charge in [-0.25, -0.2) is 4.79 Å². The van der Waals surface area contributed by atoms with E-state index in [2.05, 4.69) is 22.9 Å². The fourth-order valence-corrected chi connectivity index (χ4v) is 4.01. The number of carbonyl (C=O) groups excluding carboxylic acids is 3. The van der Waals surface area contributed by atoms with Crippen molar-refractivity contribution in [1.29, 1.82) is 0 Å². The third kappa shape index (κ3) is 19.9. The standard InChI is InChI=1S/C27H45N3O11/c1-2-3-4-5-6-7-8-9-10-11-21(31)28-18(12-15-22(32)33)25(38)29-19(13-16-23(34)35)26(39)30-20(27(40)41)14-17-24(36)37/h18-20H,2-17H2,1H3,(H,28,31)(H,29,38)(H,30,39)(H,32,33)(H,34,35)(H,36,37)(H,40,41)/t18-,19-,20-/m0/s1. The lowest BCUT2D eigenvalue weighted by molar-refractivity contribution is -0.144. The number of rotatable bonds is 25. The highest BCUT2D eigenvalue weighted by Gasteiger charge is 2.30. The van der Waals surface area contributed by atoms with Crippen molar-refractivity contribution in [1.82, 2.24) is 16.0 Å². The van der Waals surface area contributed by atoms with E-state index in [1.165, 1.54) is 25.7 Å². The summed E-state index contributed by atoms with van der Waals surface area (Å²) in [7, 11) is 0. The van der Waals surface area contributed by atoms with Crippen molar-refractivity contribution in [3.05, 3.63) is 0 Å². The van der Waals surface area contributed by atoms with Crippen LogP contribution in [0.25, 0.3) is 0 Å². The third-order valence-electron chi connectivity index (χ3n) is 6.35. The minimum atomic E-state index is -1.61. The maximum absolute atomic E-state index is 13.0. The molecule has 0 fully saturated rings. The molecular weight excluding hydrogens is 542 g/mol. The second kappa shape index (κ2) is 22.0. The molecule has 3 atom stereocenters. The van der Waals surface area contributed by atoms with Gasteiger partial charge in [0.15, 0.2) is 0 Å². The minimum Gasteiger partial charge on any atom is -0.481 e. The second-order valence-corrected chi connectivity index (χ2v) is 9.96. The number of carbonyl (C=O) groups is 7. The first-order valence-electron chi connectivity index (χ1n) is 14.2. The van der Waals surface area contributed by atoms with E-state index in [9.17, 15) is 38.7 Å². The summed E-state index contributed by atoms with van der Waals surface area (Å²) >= 11 is 0. The molecule has 0 aromatic rings. The van der Waals surface area contributed by atoms with E-state index in [0.717, 1.165) is 25.7 Å². The predicted octanol–water partition coefficient (Wildman–Crippen LogP) is 2.04. The zero-order valence-corrected chi connectivity index (χ0v) is 23.7. The van der Waals surface area contributed by atoms with E-state index in [-0.39, 0.29) is 12.8 Å². The van der Waals surface area contributed by atoms with Gasteiger partial charge in [0.25, 0.3) is 0 Å². The van der Waals surface area contributed by atoms with Gasteiger partial charge in [0.05, 0.1) is 0 Å². The summed E-state index contributed by atoms with van der Waals surface area (Å²) in [5.41, 5.74) is 0. The SMILES string of the molecule is CCCCCCCCCCCC(=O)N[C@@H](CCC(=O)O)C(=O)N[C@@H](CCC(=O)O)C(=O)N[C@@H](CCC(=O)O)C(=O)O. The predicted molar refractivity (Wildman–Crippen MR) is 146 cm³/mol. The van der Waals surface area contributed by atoms with Gasteiger partial charge >= 0.3 is 23.9 Å². The lowest BCUT2D eigenvalue weighted by Gasteiger charge is -2.24. The van der Waals surface area contributed by atoms with Crippen molar-refractivity contribution in [3.63, 3.8) is 0 Å². The van der Waals surface area contributed by atoms with Crippen LogP contribution in [-0.4, -0.2) is 80.2 Å². The number of unbranched alkanes of at least 4 members (excludes halogenated alkanes) is 8. The Hall–Kier alpha value is -3.71. The van der Waals surface area contributed by atoms with Crippen molar-refractivity contribution < 1.29 is 54.0 Å². The molecule has 14 nitrogen and oxygen atoms in total. The fraction of sp³-hybridized carbons (Fsp3) is 0.741. The van der Waals surface area contributed by atoms with E-state index < -0.39 is 91.8 Å². The maximum atomic E-state index is 13.0. The van der Waals surface area contributed by atoms with Crippen LogP contribution < -0.4 is 16.0 Å². The molecule has 0 spiro atoms. The highest BCUT2D eigenvalue weighted by Crippen LogP contribution is 2.11. The number of carboxylic acids is 4. The Morgan fingerprint density at radius 2 is 0.854 bits per heavy atom. The van der Waals surface area contributed by atoms with Gasteiger partial charge in [-0.2, -0.15) is 0 Å². The summed E-state index contributed by atoms with van der Waals surface area (Å²) in [5, 5.41) is 43.0. The number of amides is 3. The number of carboxylic acid groups (broad SMARTS) is 4. The summed E-state index contributed by atoms with van der Waals surface area (Å²) in [4.78, 5) is 82.6. The Labute approximate surface area is 239 Å². The van der Waals surface area contributed by atoms with Crippen LogP contribution in [0.3, 0.4) is 0 Å². The molecule has 0 heterocycles.